The van der Waals surface area contributed by atoms with Crippen molar-refractivity contribution in [1.82, 2.24) is 0 Å². The van der Waals surface area contributed by atoms with E-state index in [9.17, 15) is 24.2 Å². The number of quaternary nitrogens is 1. The van der Waals surface area contributed by atoms with Gasteiger partial charge in [-0.05, 0) is 82.8 Å². The van der Waals surface area contributed by atoms with Crippen LogP contribution in [-0.4, -0.2) is 81.2 Å². The maximum Gasteiger partial charge on any atom is 0.306 e. The lowest BCUT2D eigenvalue weighted by Crippen LogP contribution is -2.37. The van der Waals surface area contributed by atoms with Gasteiger partial charge in [-0.2, -0.15) is 0 Å². The fourth-order valence-electron chi connectivity index (χ4n) is 6.91. The summed E-state index contributed by atoms with van der Waals surface area (Å²) in [5.74, 6) is 1.40. The maximum atomic E-state index is 12.8. The van der Waals surface area contributed by atoms with E-state index >= 15 is 0 Å². The molecule has 1 rings (SSSR count). The lowest BCUT2D eigenvalue weighted by atomic mass is 10.0. The highest BCUT2D eigenvalue weighted by Crippen LogP contribution is 2.38. The van der Waals surface area contributed by atoms with Gasteiger partial charge in [0.2, 0.25) is 0 Å². The largest absolute Gasteiger partial charge is 0.756 e. The molecule has 0 aliphatic rings. The molecule has 1 aromatic rings. The Morgan fingerprint density at radius 3 is 1.89 bits per heavy atom. The Labute approximate surface area is 389 Å². The Hall–Kier alpha value is -2.79. The molecule has 0 amide bonds. The molecule has 0 radical (unpaired) electrons. The number of nitrogens with zero attached hydrogens (tertiary/aromatic N) is 1. The zero-order valence-electron chi connectivity index (χ0n) is 41.3. The molecule has 1 aromatic heterocycles. The highest BCUT2D eigenvalue weighted by molar-refractivity contribution is 7.45. The van der Waals surface area contributed by atoms with Crippen molar-refractivity contribution in [2.75, 3.05) is 47.5 Å². The lowest BCUT2D eigenvalue weighted by Gasteiger charge is -2.28. The number of phosphoric ester groups is 1. The number of rotatable bonds is 41. The number of phosphoric acid groups is 1. The molecule has 12 heteroatoms. The first-order valence-corrected chi connectivity index (χ1v) is 26.3. The summed E-state index contributed by atoms with van der Waals surface area (Å²) >= 11 is 0. The number of likely N-dealkylation sites (N-methyl/N-ethyl adjacent to an activating group) is 1. The van der Waals surface area contributed by atoms with E-state index in [2.05, 4.69) is 33.8 Å². The van der Waals surface area contributed by atoms with Crippen molar-refractivity contribution < 1.29 is 51.6 Å². The van der Waals surface area contributed by atoms with E-state index in [0.717, 1.165) is 51.4 Å². The van der Waals surface area contributed by atoms with E-state index in [0.29, 0.717) is 36.7 Å². The van der Waals surface area contributed by atoms with Crippen molar-refractivity contribution in [3.8, 4) is 0 Å². The van der Waals surface area contributed by atoms with Gasteiger partial charge >= 0.3 is 11.9 Å². The van der Waals surface area contributed by atoms with Crippen LogP contribution in [0.2, 0.25) is 0 Å². The summed E-state index contributed by atoms with van der Waals surface area (Å²) in [6.45, 7) is 8.38. The topological polar surface area (TPSA) is 145 Å². The number of aliphatic hydroxyl groups excluding tert-OH is 1. The van der Waals surface area contributed by atoms with Gasteiger partial charge < -0.3 is 37.4 Å². The van der Waals surface area contributed by atoms with Gasteiger partial charge in [0.05, 0.1) is 33.9 Å². The number of aliphatic hydroxyl groups is 1. The van der Waals surface area contributed by atoms with Gasteiger partial charge in [0, 0.05) is 25.7 Å². The minimum Gasteiger partial charge on any atom is -0.756 e. The Kier molecular flexibility index (Phi) is 34.5. The minimum absolute atomic E-state index is 0.0570. The predicted molar refractivity (Wildman–Crippen MR) is 259 cm³/mol. The molecule has 3 atom stereocenters. The van der Waals surface area contributed by atoms with Crippen LogP contribution in [0.25, 0.3) is 0 Å². The number of carbonyl (C=O) groups is 2. The van der Waals surface area contributed by atoms with Gasteiger partial charge in [-0.1, -0.05) is 140 Å². The first kappa shape index (κ1) is 59.2. The van der Waals surface area contributed by atoms with Gasteiger partial charge in [0.15, 0.2) is 6.10 Å². The molecule has 0 aliphatic carbocycles. The van der Waals surface area contributed by atoms with E-state index in [4.69, 9.17) is 22.9 Å². The molecule has 11 nitrogen and oxygen atoms in total. The molecule has 368 valence electrons. The molecular weight excluding hydrogens is 830 g/mol. The number of ether oxygens (including phenoxy) is 2. The third-order valence-electron chi connectivity index (χ3n) is 11.1. The van der Waals surface area contributed by atoms with Crippen LogP contribution in [-0.2, 0) is 45.5 Å². The second-order valence-electron chi connectivity index (χ2n) is 18.3. The zero-order chi connectivity index (χ0) is 47.3. The van der Waals surface area contributed by atoms with Gasteiger partial charge in [0.1, 0.15) is 31.3 Å². The Bertz CT molecular complexity index is 1520. The number of furan rings is 1. The monoisotopic (exact) mass is 920 g/mol. The smallest absolute Gasteiger partial charge is 0.306 e. The van der Waals surface area contributed by atoms with Crippen LogP contribution in [0.3, 0.4) is 0 Å². The molecule has 0 fully saturated rings. The average molecular weight is 920 g/mol. The number of hydrogen-bond acceptors (Lipinski definition) is 10. The van der Waals surface area contributed by atoms with Crippen LogP contribution in [0, 0.1) is 13.8 Å². The van der Waals surface area contributed by atoms with Crippen LogP contribution >= 0.6 is 7.82 Å². The summed E-state index contributed by atoms with van der Waals surface area (Å²) in [4.78, 5) is 37.7. The number of allylic oxidation sites excluding steroid dienone is 6. The molecule has 0 spiro atoms. The average Bonchev–Trinajstić information content (AvgIpc) is 3.51. The molecule has 1 heterocycles. The van der Waals surface area contributed by atoms with Gasteiger partial charge in [-0.25, -0.2) is 0 Å². The first-order chi connectivity index (χ1) is 30.7. The molecule has 0 bridgehead atoms. The molecular formula is C52H90NO10P. The van der Waals surface area contributed by atoms with Crippen molar-refractivity contribution in [2.45, 2.75) is 200 Å². The number of carbonyl (C=O) groups excluding carboxylic acids is 2. The summed E-state index contributed by atoms with van der Waals surface area (Å²) in [6.07, 6.45) is 38.4. The number of aryl methyl sites for hydroxylation is 2. The van der Waals surface area contributed by atoms with E-state index in [-0.39, 0.29) is 26.1 Å². The van der Waals surface area contributed by atoms with Crippen molar-refractivity contribution in [3.05, 3.63) is 71.3 Å². The van der Waals surface area contributed by atoms with Gasteiger partial charge in [-0.3, -0.25) is 14.2 Å². The SMILES string of the molecule is CCCCC/C=C\C=C/[C@@H](O)C/C=C\C/C=C/CCCC(=O)OC[C@H](COP(=O)([O-])OCC[N+](C)(C)C)OC(=O)CCCCCCCCCCCCc1oc(CCCCC)c(C)c1C. The minimum atomic E-state index is -4.67. The van der Waals surface area contributed by atoms with Crippen molar-refractivity contribution in [1.29, 1.82) is 0 Å². The van der Waals surface area contributed by atoms with E-state index < -0.39 is 38.6 Å². The second-order valence-corrected chi connectivity index (χ2v) is 19.7. The van der Waals surface area contributed by atoms with Crippen LogP contribution in [0.4, 0.5) is 0 Å². The molecule has 64 heavy (non-hydrogen) atoms. The lowest BCUT2D eigenvalue weighted by molar-refractivity contribution is -0.870. The summed E-state index contributed by atoms with van der Waals surface area (Å²) in [7, 11) is 1.08. The van der Waals surface area contributed by atoms with Crippen LogP contribution < -0.4 is 4.89 Å². The maximum absolute atomic E-state index is 12.8. The van der Waals surface area contributed by atoms with Crippen LogP contribution in [0.5, 0.6) is 0 Å². The van der Waals surface area contributed by atoms with Crippen LogP contribution in [0.15, 0.2) is 53.0 Å². The predicted octanol–water partition coefficient (Wildman–Crippen LogP) is 12.2. The molecule has 1 unspecified atom stereocenters. The van der Waals surface area contributed by atoms with E-state index in [1.54, 1.807) is 6.08 Å². The highest BCUT2D eigenvalue weighted by atomic mass is 31.2. The van der Waals surface area contributed by atoms with Crippen LogP contribution in [0.1, 0.15) is 184 Å². The summed E-state index contributed by atoms with van der Waals surface area (Å²) in [5.41, 5.74) is 2.68. The number of esters is 2. The summed E-state index contributed by atoms with van der Waals surface area (Å²) in [5, 5.41) is 10.1. The number of unbranched alkanes of at least 4 members (excludes halogenated alkanes) is 15. The molecule has 0 saturated carbocycles. The van der Waals surface area contributed by atoms with Gasteiger partial charge in [-0.15, -0.1) is 0 Å². The third-order valence-corrected chi connectivity index (χ3v) is 12.1. The zero-order valence-corrected chi connectivity index (χ0v) is 42.2. The van der Waals surface area contributed by atoms with Crippen molar-refractivity contribution >= 4 is 19.8 Å². The van der Waals surface area contributed by atoms with E-state index in [1.165, 1.54) is 93.3 Å². The quantitative estimate of drug-likeness (QED) is 0.0168. The Balaban J connectivity index is 2.36. The second kappa shape index (κ2) is 37.3. The van der Waals surface area contributed by atoms with E-state index in [1.807, 2.05) is 57.6 Å². The molecule has 0 saturated heterocycles. The molecule has 0 aliphatic heterocycles. The van der Waals surface area contributed by atoms with Crippen molar-refractivity contribution in [3.63, 3.8) is 0 Å². The first-order valence-electron chi connectivity index (χ1n) is 24.8. The third kappa shape index (κ3) is 33.7. The fourth-order valence-corrected chi connectivity index (χ4v) is 7.63. The Morgan fingerprint density at radius 2 is 1.25 bits per heavy atom. The summed E-state index contributed by atoms with van der Waals surface area (Å²) in [6, 6.07) is 0. The Morgan fingerprint density at radius 1 is 0.688 bits per heavy atom. The summed E-state index contributed by atoms with van der Waals surface area (Å²) < 4.78 is 40.2. The number of hydrogen-bond donors (Lipinski definition) is 1. The molecule has 1 N–H and O–H groups in total. The normalized spacial score (nSPS) is 14.3. The standard InChI is InChI=1S/C52H90NO10P/c1-8-10-12-13-19-24-30-35-47(54)36-31-25-20-18-23-27-33-39-51(55)59-43-48(44-61-64(57,58)60-42-41-53(5,6)7)62-52(56)40-34-28-22-17-15-14-16-21-26-32-38-50-46(4)45(3)49(63-50)37-29-11-9-2/h18-19,23-25,30-31,35,47-48,54H,8-17,20-22,26-29,32-34,36-44H2,1-7H3/b23-18+,24-19-,31-25-,35-30-/t47-,48-/m1/s1. The van der Waals surface area contributed by atoms with Gasteiger partial charge in [0.25, 0.3) is 7.82 Å². The van der Waals surface area contributed by atoms with Crippen molar-refractivity contribution in [2.24, 2.45) is 0 Å². The highest BCUT2D eigenvalue weighted by Gasteiger charge is 2.22. The fraction of sp³-hybridized carbons (Fsp3) is 0.731. The molecule has 0 aromatic carbocycles.